The summed E-state index contributed by atoms with van der Waals surface area (Å²) in [5.74, 6) is -0.143. The van der Waals surface area contributed by atoms with Crippen molar-refractivity contribution in [2.24, 2.45) is 0 Å². The maximum atomic E-state index is 13.8. The molecule has 1 aromatic heterocycles. The van der Waals surface area contributed by atoms with E-state index in [0.717, 1.165) is 11.8 Å². The van der Waals surface area contributed by atoms with Crippen molar-refractivity contribution in [1.82, 2.24) is 4.90 Å². The van der Waals surface area contributed by atoms with Gasteiger partial charge < -0.3 is 4.42 Å². The minimum atomic E-state index is -0.483. The van der Waals surface area contributed by atoms with Crippen molar-refractivity contribution in [2.75, 3.05) is 0 Å². The lowest BCUT2D eigenvalue weighted by Crippen LogP contribution is -2.27. The predicted octanol–water partition coefficient (Wildman–Crippen LogP) is 4.47. The average Bonchev–Trinajstić information content (AvgIpc) is 3.07. The number of nitrogens with zero attached hydrogens (tertiary/aromatic N) is 1. The molecule has 2 aromatic rings. The molecule has 1 aromatic carbocycles. The summed E-state index contributed by atoms with van der Waals surface area (Å²) in [4.78, 5) is 14.2. The fraction of sp³-hybridized carbons (Fsp3) is 0.0667. The molecule has 1 saturated heterocycles. The van der Waals surface area contributed by atoms with Crippen molar-refractivity contribution < 1.29 is 13.6 Å². The Morgan fingerprint density at radius 3 is 2.86 bits per heavy atom. The summed E-state index contributed by atoms with van der Waals surface area (Å²) in [5, 5.41) is 0.247. The number of benzene rings is 1. The first kappa shape index (κ1) is 15.3. The van der Waals surface area contributed by atoms with Gasteiger partial charge in [-0.05, 0) is 30.3 Å². The van der Waals surface area contributed by atoms with Crippen LogP contribution in [-0.2, 0) is 11.3 Å². The molecule has 112 valence electrons. The van der Waals surface area contributed by atoms with Crippen LogP contribution in [0.15, 0.2) is 45.9 Å². The fourth-order valence-corrected chi connectivity index (χ4v) is 3.43. The van der Waals surface area contributed by atoms with Gasteiger partial charge in [0.1, 0.15) is 15.9 Å². The molecule has 1 aliphatic heterocycles. The van der Waals surface area contributed by atoms with Crippen LogP contribution in [0.4, 0.5) is 4.39 Å². The van der Waals surface area contributed by atoms with Crippen molar-refractivity contribution in [2.45, 2.75) is 6.54 Å². The molecule has 0 unspecified atom stereocenters. The lowest BCUT2D eigenvalue weighted by Gasteiger charge is -2.12. The number of thiocarbonyl (C=S) groups is 1. The third kappa shape index (κ3) is 2.95. The van der Waals surface area contributed by atoms with Crippen LogP contribution in [0.5, 0.6) is 0 Å². The summed E-state index contributed by atoms with van der Waals surface area (Å²) in [6, 6.07) is 7.87. The fourth-order valence-electron chi connectivity index (χ4n) is 1.97. The molecule has 0 spiro atoms. The molecule has 0 N–H and O–H groups in total. The Kier molecular flexibility index (Phi) is 4.33. The van der Waals surface area contributed by atoms with Gasteiger partial charge in [-0.25, -0.2) is 4.39 Å². The lowest BCUT2D eigenvalue weighted by molar-refractivity contribution is -0.122. The molecule has 0 atom stereocenters. The van der Waals surface area contributed by atoms with E-state index in [1.165, 1.54) is 29.4 Å². The Bertz CT molecular complexity index is 754. The van der Waals surface area contributed by atoms with E-state index in [1.807, 2.05) is 0 Å². The Labute approximate surface area is 140 Å². The highest BCUT2D eigenvalue weighted by Crippen LogP contribution is 2.35. The van der Waals surface area contributed by atoms with E-state index in [-0.39, 0.29) is 23.0 Å². The number of thioether (sulfide) groups is 1. The van der Waals surface area contributed by atoms with Gasteiger partial charge in [0.05, 0.1) is 22.7 Å². The van der Waals surface area contributed by atoms with E-state index in [1.54, 1.807) is 18.2 Å². The number of hydrogen-bond acceptors (Lipinski definition) is 4. The zero-order chi connectivity index (χ0) is 15.7. The Balaban J connectivity index is 1.89. The number of halogens is 2. The second-order valence-electron chi connectivity index (χ2n) is 4.48. The first-order valence-electron chi connectivity index (χ1n) is 6.28. The van der Waals surface area contributed by atoms with Crippen molar-refractivity contribution in [1.29, 1.82) is 0 Å². The summed E-state index contributed by atoms with van der Waals surface area (Å²) < 4.78 is 19.4. The molecule has 0 radical (unpaired) electrons. The summed E-state index contributed by atoms with van der Waals surface area (Å²) in [6.45, 7) is 0.250. The number of hydrogen-bond donors (Lipinski definition) is 0. The normalized spacial score (nSPS) is 16.8. The molecule has 2 heterocycles. The summed E-state index contributed by atoms with van der Waals surface area (Å²) in [6.07, 6.45) is 2.96. The zero-order valence-corrected chi connectivity index (χ0v) is 13.5. The van der Waals surface area contributed by atoms with Crippen LogP contribution in [-0.4, -0.2) is 15.1 Å². The monoisotopic (exact) mass is 353 g/mol. The molecular formula is C15H9ClFNO2S2. The molecule has 1 aliphatic rings. The highest BCUT2D eigenvalue weighted by atomic mass is 35.5. The summed E-state index contributed by atoms with van der Waals surface area (Å²) in [7, 11) is 0. The molecule has 0 bridgehead atoms. The molecule has 3 rings (SSSR count). The highest BCUT2D eigenvalue weighted by Gasteiger charge is 2.32. The van der Waals surface area contributed by atoms with Crippen LogP contribution < -0.4 is 0 Å². The summed E-state index contributed by atoms with van der Waals surface area (Å²) in [5.41, 5.74) is 0.183. The van der Waals surface area contributed by atoms with Crippen LogP contribution in [0, 0.1) is 5.82 Å². The Hall–Kier alpha value is -1.63. The second kappa shape index (κ2) is 6.24. The highest BCUT2D eigenvalue weighted by molar-refractivity contribution is 8.26. The number of carbonyl (C=O) groups is 1. The second-order valence-corrected chi connectivity index (χ2v) is 6.57. The molecule has 1 fully saturated rings. The third-order valence-electron chi connectivity index (χ3n) is 3.04. The van der Waals surface area contributed by atoms with Crippen LogP contribution in [0.1, 0.15) is 11.3 Å². The van der Waals surface area contributed by atoms with Crippen LogP contribution >= 0.6 is 35.6 Å². The minimum Gasteiger partial charge on any atom is -0.467 e. The van der Waals surface area contributed by atoms with Gasteiger partial charge in [0.15, 0.2) is 0 Å². The quantitative estimate of drug-likeness (QED) is 0.602. The van der Waals surface area contributed by atoms with Gasteiger partial charge in [-0.2, -0.15) is 0 Å². The van der Waals surface area contributed by atoms with E-state index < -0.39 is 5.82 Å². The van der Waals surface area contributed by atoms with E-state index in [4.69, 9.17) is 28.2 Å². The van der Waals surface area contributed by atoms with Crippen LogP contribution in [0.2, 0.25) is 5.02 Å². The van der Waals surface area contributed by atoms with Crippen molar-refractivity contribution in [3.8, 4) is 0 Å². The minimum absolute atomic E-state index is 0.183. The van der Waals surface area contributed by atoms with E-state index >= 15 is 0 Å². The smallest absolute Gasteiger partial charge is 0.266 e. The van der Waals surface area contributed by atoms with E-state index in [9.17, 15) is 9.18 Å². The van der Waals surface area contributed by atoms with Crippen LogP contribution in [0.3, 0.4) is 0 Å². The maximum absolute atomic E-state index is 13.8. The molecule has 0 aliphatic carbocycles. The Morgan fingerprint density at radius 1 is 1.36 bits per heavy atom. The molecule has 3 nitrogen and oxygen atoms in total. The molecule has 22 heavy (non-hydrogen) atoms. The molecule has 1 amide bonds. The van der Waals surface area contributed by atoms with Gasteiger partial charge in [0, 0.05) is 5.56 Å². The maximum Gasteiger partial charge on any atom is 0.266 e. The number of rotatable bonds is 3. The predicted molar refractivity (Wildman–Crippen MR) is 88.8 cm³/mol. The van der Waals surface area contributed by atoms with Gasteiger partial charge in [-0.3, -0.25) is 9.69 Å². The summed E-state index contributed by atoms with van der Waals surface area (Å²) >= 11 is 12.3. The largest absolute Gasteiger partial charge is 0.467 e. The first-order valence-corrected chi connectivity index (χ1v) is 7.88. The zero-order valence-electron chi connectivity index (χ0n) is 11.1. The molecular weight excluding hydrogens is 345 g/mol. The van der Waals surface area contributed by atoms with Gasteiger partial charge in [-0.15, -0.1) is 0 Å². The molecule has 7 heteroatoms. The van der Waals surface area contributed by atoms with Crippen molar-refractivity contribution in [3.63, 3.8) is 0 Å². The van der Waals surface area contributed by atoms with Gasteiger partial charge >= 0.3 is 0 Å². The first-order chi connectivity index (χ1) is 10.6. The number of furan rings is 1. The van der Waals surface area contributed by atoms with Gasteiger partial charge in [0.2, 0.25) is 0 Å². The average molecular weight is 354 g/mol. The number of carbonyl (C=O) groups excluding carboxylic acids is 1. The van der Waals surface area contributed by atoms with Crippen molar-refractivity contribution >= 4 is 51.9 Å². The van der Waals surface area contributed by atoms with Gasteiger partial charge in [-0.1, -0.05) is 41.6 Å². The van der Waals surface area contributed by atoms with Crippen molar-refractivity contribution in [3.05, 3.63) is 63.7 Å². The lowest BCUT2D eigenvalue weighted by atomic mass is 10.2. The third-order valence-corrected chi connectivity index (χ3v) is 4.75. The number of amides is 1. The van der Waals surface area contributed by atoms with E-state index in [2.05, 4.69) is 0 Å². The topological polar surface area (TPSA) is 33.5 Å². The van der Waals surface area contributed by atoms with Gasteiger partial charge in [0.25, 0.3) is 5.91 Å². The Morgan fingerprint density at radius 2 is 2.18 bits per heavy atom. The van der Waals surface area contributed by atoms with E-state index in [0.29, 0.717) is 15.0 Å². The SMILES string of the molecule is O=C1/C(=C/c2c(F)cccc2Cl)SC(=S)N1Cc1ccco1. The molecule has 0 saturated carbocycles. The van der Waals surface area contributed by atoms with Crippen LogP contribution in [0.25, 0.3) is 6.08 Å². The standard InChI is InChI=1S/C15H9ClFNO2S2/c16-11-4-1-5-12(17)10(11)7-13-14(19)18(15(21)22-13)8-9-3-2-6-20-9/h1-7H,8H2/b13-7-.